The Bertz CT molecular complexity index is 956. The Kier molecular flexibility index (Phi) is 5.40. The van der Waals surface area contributed by atoms with Crippen LogP contribution in [0.5, 0.6) is 11.5 Å². The van der Waals surface area contributed by atoms with E-state index in [1.807, 2.05) is 73.7 Å². The molecule has 0 bridgehead atoms. The zero-order valence-electron chi connectivity index (χ0n) is 15.9. The maximum atomic E-state index is 12.9. The second-order valence-electron chi connectivity index (χ2n) is 7.22. The number of hydrogen-bond acceptors (Lipinski definition) is 3. The molecule has 1 aliphatic heterocycles. The zero-order valence-corrected chi connectivity index (χ0v) is 15.9. The fraction of sp³-hybridized carbons (Fsp3) is 0.208. The second-order valence-corrected chi connectivity index (χ2v) is 7.22. The molecule has 3 aromatic rings. The molecule has 2 unspecified atom stereocenters. The van der Waals surface area contributed by atoms with Crippen molar-refractivity contribution in [2.75, 3.05) is 18.4 Å². The number of amides is 1. The number of carbonyl (C=O) groups excluding carboxylic acids is 1. The summed E-state index contributed by atoms with van der Waals surface area (Å²) in [5.74, 6) is 1.61. The molecule has 142 valence electrons. The Balaban J connectivity index is 1.46. The Morgan fingerprint density at radius 3 is 2.46 bits per heavy atom. The third kappa shape index (κ3) is 4.24. The maximum Gasteiger partial charge on any atom is 0.229 e. The SMILES string of the molecule is Cc1cccc(Oc2cccc(NC(=O)C3CNCC3c3ccccc3)c2)c1. The standard InChI is InChI=1S/C24H24N2O2/c1-17-7-5-11-20(13-17)28-21-12-6-10-19(14-21)26-24(27)23-16-25-15-22(23)18-8-3-2-4-9-18/h2-14,22-23,25H,15-16H2,1H3,(H,26,27). The largest absolute Gasteiger partial charge is 0.457 e. The van der Waals surface area contributed by atoms with Gasteiger partial charge in [-0.1, -0.05) is 48.5 Å². The molecule has 1 fully saturated rings. The molecule has 0 spiro atoms. The van der Waals surface area contributed by atoms with Gasteiger partial charge in [0.25, 0.3) is 0 Å². The predicted octanol–water partition coefficient (Wildman–Crippen LogP) is 4.73. The summed E-state index contributed by atoms with van der Waals surface area (Å²) in [6.07, 6.45) is 0. The number of rotatable bonds is 5. The van der Waals surface area contributed by atoms with Crippen molar-refractivity contribution >= 4 is 11.6 Å². The number of hydrogen-bond donors (Lipinski definition) is 2. The van der Waals surface area contributed by atoms with E-state index in [9.17, 15) is 4.79 Å². The van der Waals surface area contributed by atoms with Crippen molar-refractivity contribution in [1.29, 1.82) is 0 Å². The van der Waals surface area contributed by atoms with Gasteiger partial charge in [-0.05, 0) is 42.3 Å². The van der Waals surface area contributed by atoms with E-state index in [2.05, 4.69) is 22.8 Å². The van der Waals surface area contributed by atoms with Gasteiger partial charge in [-0.2, -0.15) is 0 Å². The minimum Gasteiger partial charge on any atom is -0.457 e. The lowest BCUT2D eigenvalue weighted by Gasteiger charge is -2.19. The lowest BCUT2D eigenvalue weighted by molar-refractivity contribution is -0.119. The highest BCUT2D eigenvalue weighted by atomic mass is 16.5. The second kappa shape index (κ2) is 8.28. The van der Waals surface area contributed by atoms with Crippen LogP contribution in [0.1, 0.15) is 17.0 Å². The molecule has 1 saturated heterocycles. The Morgan fingerprint density at radius 1 is 0.929 bits per heavy atom. The van der Waals surface area contributed by atoms with Gasteiger partial charge in [0.15, 0.2) is 0 Å². The molecule has 0 radical (unpaired) electrons. The van der Waals surface area contributed by atoms with Crippen molar-refractivity contribution in [3.05, 3.63) is 90.0 Å². The molecule has 28 heavy (non-hydrogen) atoms. The summed E-state index contributed by atoms with van der Waals surface area (Å²) in [4.78, 5) is 12.9. The van der Waals surface area contributed by atoms with Gasteiger partial charge < -0.3 is 15.4 Å². The van der Waals surface area contributed by atoms with Gasteiger partial charge in [0.05, 0.1) is 5.92 Å². The molecule has 2 atom stereocenters. The normalized spacial score (nSPS) is 18.6. The van der Waals surface area contributed by atoms with E-state index in [1.165, 1.54) is 5.56 Å². The van der Waals surface area contributed by atoms with Crippen LogP contribution in [0.25, 0.3) is 0 Å². The van der Waals surface area contributed by atoms with Gasteiger partial charge in [0.1, 0.15) is 11.5 Å². The Labute approximate surface area is 165 Å². The Hall–Kier alpha value is -3.11. The molecule has 3 aromatic carbocycles. The number of anilines is 1. The molecular weight excluding hydrogens is 348 g/mol. The first kappa shape index (κ1) is 18.3. The van der Waals surface area contributed by atoms with E-state index in [0.717, 1.165) is 23.5 Å². The van der Waals surface area contributed by atoms with Crippen molar-refractivity contribution in [3.63, 3.8) is 0 Å². The first-order chi connectivity index (χ1) is 13.7. The summed E-state index contributed by atoms with van der Waals surface area (Å²) in [6, 6.07) is 25.7. The lowest BCUT2D eigenvalue weighted by atomic mass is 9.88. The number of nitrogens with one attached hydrogen (secondary N) is 2. The molecule has 1 heterocycles. The monoisotopic (exact) mass is 372 g/mol. The van der Waals surface area contributed by atoms with Gasteiger partial charge in [-0.25, -0.2) is 0 Å². The van der Waals surface area contributed by atoms with E-state index in [0.29, 0.717) is 12.3 Å². The minimum absolute atomic E-state index is 0.0339. The van der Waals surface area contributed by atoms with Crippen molar-refractivity contribution in [2.24, 2.45) is 5.92 Å². The third-order valence-corrected chi connectivity index (χ3v) is 5.11. The predicted molar refractivity (Wildman–Crippen MR) is 112 cm³/mol. The first-order valence-corrected chi connectivity index (χ1v) is 9.60. The third-order valence-electron chi connectivity index (χ3n) is 5.11. The highest BCUT2D eigenvalue weighted by Crippen LogP contribution is 2.30. The van der Waals surface area contributed by atoms with E-state index < -0.39 is 0 Å². The van der Waals surface area contributed by atoms with E-state index in [1.54, 1.807) is 0 Å². The van der Waals surface area contributed by atoms with Crippen molar-refractivity contribution in [2.45, 2.75) is 12.8 Å². The molecule has 0 aliphatic carbocycles. The molecule has 0 saturated carbocycles. The fourth-order valence-electron chi connectivity index (χ4n) is 3.69. The van der Waals surface area contributed by atoms with Crippen LogP contribution in [0.15, 0.2) is 78.9 Å². The van der Waals surface area contributed by atoms with Crippen LogP contribution >= 0.6 is 0 Å². The molecule has 1 aliphatic rings. The van der Waals surface area contributed by atoms with Crippen LogP contribution in [-0.4, -0.2) is 19.0 Å². The van der Waals surface area contributed by atoms with Gasteiger partial charge in [0, 0.05) is 30.8 Å². The molecule has 4 nitrogen and oxygen atoms in total. The van der Waals surface area contributed by atoms with Crippen LogP contribution < -0.4 is 15.4 Å². The molecular formula is C24H24N2O2. The molecule has 0 aromatic heterocycles. The van der Waals surface area contributed by atoms with Crippen LogP contribution in [-0.2, 0) is 4.79 Å². The van der Waals surface area contributed by atoms with Crippen molar-refractivity contribution in [1.82, 2.24) is 5.32 Å². The smallest absolute Gasteiger partial charge is 0.229 e. The lowest BCUT2D eigenvalue weighted by Crippen LogP contribution is -2.28. The molecule has 4 rings (SSSR count). The maximum absolute atomic E-state index is 12.9. The highest BCUT2D eigenvalue weighted by molar-refractivity contribution is 5.93. The Morgan fingerprint density at radius 2 is 1.68 bits per heavy atom. The summed E-state index contributed by atoms with van der Waals surface area (Å²) in [5, 5.41) is 6.41. The summed E-state index contributed by atoms with van der Waals surface area (Å²) in [6.45, 7) is 3.53. The molecule has 1 amide bonds. The van der Waals surface area contributed by atoms with E-state index >= 15 is 0 Å². The summed E-state index contributed by atoms with van der Waals surface area (Å²) >= 11 is 0. The molecule has 4 heteroatoms. The van der Waals surface area contributed by atoms with Crippen LogP contribution in [0.2, 0.25) is 0 Å². The number of carbonyl (C=O) groups is 1. The van der Waals surface area contributed by atoms with E-state index in [4.69, 9.17) is 4.74 Å². The fourth-order valence-corrected chi connectivity index (χ4v) is 3.69. The van der Waals surface area contributed by atoms with Gasteiger partial charge >= 0.3 is 0 Å². The topological polar surface area (TPSA) is 50.4 Å². The van der Waals surface area contributed by atoms with Crippen LogP contribution in [0.4, 0.5) is 5.69 Å². The zero-order chi connectivity index (χ0) is 19.3. The van der Waals surface area contributed by atoms with Gasteiger partial charge in [-0.3, -0.25) is 4.79 Å². The average Bonchev–Trinajstić information content (AvgIpc) is 3.19. The molecule has 2 N–H and O–H groups in total. The number of benzene rings is 3. The first-order valence-electron chi connectivity index (χ1n) is 9.60. The minimum atomic E-state index is -0.0938. The van der Waals surface area contributed by atoms with Crippen LogP contribution in [0.3, 0.4) is 0 Å². The summed E-state index contributed by atoms with van der Waals surface area (Å²) in [7, 11) is 0. The number of aryl methyl sites for hydroxylation is 1. The summed E-state index contributed by atoms with van der Waals surface area (Å²) < 4.78 is 5.93. The highest BCUT2D eigenvalue weighted by Gasteiger charge is 2.33. The van der Waals surface area contributed by atoms with Crippen LogP contribution in [0, 0.1) is 12.8 Å². The average molecular weight is 372 g/mol. The van der Waals surface area contributed by atoms with E-state index in [-0.39, 0.29) is 17.7 Å². The van der Waals surface area contributed by atoms with Crippen molar-refractivity contribution in [3.8, 4) is 11.5 Å². The number of ether oxygens (including phenoxy) is 1. The quantitative estimate of drug-likeness (QED) is 0.681. The van der Waals surface area contributed by atoms with Crippen molar-refractivity contribution < 1.29 is 9.53 Å². The van der Waals surface area contributed by atoms with Gasteiger partial charge in [0.2, 0.25) is 5.91 Å². The van der Waals surface area contributed by atoms with Gasteiger partial charge in [-0.15, -0.1) is 0 Å². The summed E-state index contributed by atoms with van der Waals surface area (Å²) in [5.41, 5.74) is 3.08.